The fourth-order valence-corrected chi connectivity index (χ4v) is 5.72. The van der Waals surface area contributed by atoms with Crippen molar-refractivity contribution in [2.24, 2.45) is 0 Å². The monoisotopic (exact) mass is 513 g/mol. The van der Waals surface area contributed by atoms with E-state index >= 15 is 0 Å². The van der Waals surface area contributed by atoms with Crippen molar-refractivity contribution < 1.29 is 18.3 Å². The molecule has 2 aromatic rings. The summed E-state index contributed by atoms with van der Waals surface area (Å²) in [5, 5.41) is 3.57. The van der Waals surface area contributed by atoms with E-state index in [4.69, 9.17) is 4.74 Å². The summed E-state index contributed by atoms with van der Waals surface area (Å²) >= 11 is 0. The molecule has 2 atom stereocenters. The number of anilines is 1. The van der Waals surface area contributed by atoms with E-state index in [9.17, 15) is 13.6 Å². The van der Waals surface area contributed by atoms with Crippen LogP contribution >= 0.6 is 0 Å². The van der Waals surface area contributed by atoms with E-state index in [1.165, 1.54) is 12.1 Å². The fourth-order valence-electron chi connectivity index (χ4n) is 5.72. The number of ether oxygens (including phenoxy) is 1. The second-order valence-electron chi connectivity index (χ2n) is 11.3. The first kappa shape index (κ1) is 26.2. The summed E-state index contributed by atoms with van der Waals surface area (Å²) in [6.45, 7) is 13.3. The molecule has 37 heavy (non-hydrogen) atoms. The lowest BCUT2D eigenvalue weighted by Crippen LogP contribution is -2.61. The van der Waals surface area contributed by atoms with E-state index in [0.29, 0.717) is 30.4 Å². The number of carbonyl (C=O) groups excluding carboxylic acids is 1. The molecule has 7 nitrogen and oxygen atoms in total. The zero-order valence-electron chi connectivity index (χ0n) is 22.0. The first-order valence-corrected chi connectivity index (χ1v) is 13.2. The van der Waals surface area contributed by atoms with Gasteiger partial charge in [-0.05, 0) is 24.6 Å². The lowest BCUT2D eigenvalue weighted by atomic mass is 9.88. The highest BCUT2D eigenvalue weighted by Gasteiger charge is 2.40. The largest absolute Gasteiger partial charge is 0.379 e. The molecule has 3 aliphatic rings. The number of nitrogens with one attached hydrogen (secondary N) is 1. The second-order valence-corrected chi connectivity index (χ2v) is 11.3. The van der Waals surface area contributed by atoms with Gasteiger partial charge >= 0.3 is 0 Å². The predicted molar refractivity (Wildman–Crippen MR) is 139 cm³/mol. The van der Waals surface area contributed by atoms with Gasteiger partial charge in [0.1, 0.15) is 11.6 Å². The summed E-state index contributed by atoms with van der Waals surface area (Å²) in [7, 11) is 0. The Balaban J connectivity index is 1.34. The molecule has 2 fully saturated rings. The zero-order valence-corrected chi connectivity index (χ0v) is 22.0. The van der Waals surface area contributed by atoms with E-state index in [2.05, 4.69) is 40.9 Å². The molecule has 0 saturated carbocycles. The Labute approximate surface area is 217 Å². The Morgan fingerprint density at radius 1 is 1.22 bits per heavy atom. The quantitative estimate of drug-likeness (QED) is 0.641. The van der Waals surface area contributed by atoms with Gasteiger partial charge in [-0.2, -0.15) is 0 Å². The Morgan fingerprint density at radius 2 is 2.00 bits per heavy atom. The van der Waals surface area contributed by atoms with Gasteiger partial charge in [0.05, 0.1) is 25.4 Å². The van der Waals surface area contributed by atoms with E-state index in [1.54, 1.807) is 0 Å². The van der Waals surface area contributed by atoms with Crippen LogP contribution in [0.15, 0.2) is 30.5 Å². The molecule has 1 N–H and O–H groups in total. The molecule has 1 aromatic carbocycles. The third-order valence-corrected chi connectivity index (χ3v) is 7.84. The Kier molecular flexibility index (Phi) is 7.58. The van der Waals surface area contributed by atoms with Crippen molar-refractivity contribution in [2.75, 3.05) is 63.9 Å². The standard InChI is InChI=1S/C28H37F2N5O2/c1-19-15-34(23(13-31-19)16-33-6-8-37-9-7-33)17-27(36)35-18-28(2,3)24-14-32-22(12-26(24)35)10-20-4-5-21(29)11-25(20)30/h4-5,11-12,14,19,23,31H,6-10,13,15-18H2,1-3H3/t19-,23-/m1/s1. The van der Waals surface area contributed by atoms with Crippen molar-refractivity contribution in [1.82, 2.24) is 20.1 Å². The molecule has 0 spiro atoms. The fraction of sp³-hybridized carbons (Fsp3) is 0.571. The lowest BCUT2D eigenvalue weighted by molar-refractivity contribution is -0.121. The topological polar surface area (TPSA) is 60.9 Å². The number of piperazine rings is 1. The van der Waals surface area contributed by atoms with Gasteiger partial charge < -0.3 is 15.0 Å². The molecule has 5 rings (SSSR count). The number of nitrogens with zero attached hydrogens (tertiary/aromatic N) is 4. The first-order valence-electron chi connectivity index (χ1n) is 13.2. The minimum Gasteiger partial charge on any atom is -0.379 e. The number of amides is 1. The average molecular weight is 514 g/mol. The number of carbonyl (C=O) groups is 1. The molecule has 200 valence electrons. The van der Waals surface area contributed by atoms with Crippen molar-refractivity contribution in [3.8, 4) is 0 Å². The van der Waals surface area contributed by atoms with Crippen molar-refractivity contribution in [3.05, 3.63) is 58.9 Å². The number of halogens is 2. The zero-order chi connectivity index (χ0) is 26.2. The van der Waals surface area contributed by atoms with Crippen LogP contribution in [0.25, 0.3) is 0 Å². The Morgan fingerprint density at radius 3 is 2.76 bits per heavy atom. The number of pyridine rings is 1. The molecule has 2 saturated heterocycles. The maximum atomic E-state index is 14.3. The van der Waals surface area contributed by atoms with Gasteiger partial charge in [-0.25, -0.2) is 8.78 Å². The van der Waals surface area contributed by atoms with Crippen LogP contribution in [0.4, 0.5) is 14.5 Å². The molecule has 0 bridgehead atoms. The molecule has 9 heteroatoms. The highest BCUT2D eigenvalue weighted by molar-refractivity contribution is 5.97. The second kappa shape index (κ2) is 10.7. The maximum absolute atomic E-state index is 14.3. The molecule has 0 radical (unpaired) electrons. The van der Waals surface area contributed by atoms with Gasteiger partial charge in [0.25, 0.3) is 0 Å². The molecule has 4 heterocycles. The van der Waals surface area contributed by atoms with Gasteiger partial charge in [-0.3, -0.25) is 19.6 Å². The van der Waals surface area contributed by atoms with Crippen molar-refractivity contribution in [3.63, 3.8) is 0 Å². The van der Waals surface area contributed by atoms with Crippen molar-refractivity contribution >= 4 is 11.6 Å². The molecule has 0 unspecified atom stereocenters. The summed E-state index contributed by atoms with van der Waals surface area (Å²) < 4.78 is 33.1. The summed E-state index contributed by atoms with van der Waals surface area (Å²) in [5.74, 6) is -1.12. The van der Waals surface area contributed by atoms with Gasteiger partial charge in [0.15, 0.2) is 0 Å². The predicted octanol–water partition coefficient (Wildman–Crippen LogP) is 2.57. The Bertz CT molecular complexity index is 1140. The van der Waals surface area contributed by atoms with E-state index in [0.717, 1.165) is 63.3 Å². The Hall–Kier alpha value is -2.46. The minimum atomic E-state index is -0.601. The summed E-state index contributed by atoms with van der Waals surface area (Å²) in [4.78, 5) is 25.0. The highest BCUT2D eigenvalue weighted by Crippen LogP contribution is 2.40. The first-order chi connectivity index (χ1) is 17.7. The van der Waals surface area contributed by atoms with Gasteiger partial charge in [0, 0.05) is 86.7 Å². The van der Waals surface area contributed by atoms with Crippen LogP contribution in [0.2, 0.25) is 0 Å². The summed E-state index contributed by atoms with van der Waals surface area (Å²) in [6, 6.07) is 6.07. The molecule has 3 aliphatic heterocycles. The number of morpholine rings is 1. The number of hydrogen-bond acceptors (Lipinski definition) is 6. The van der Waals surface area contributed by atoms with Crippen LogP contribution < -0.4 is 10.2 Å². The van der Waals surface area contributed by atoms with Gasteiger partial charge in [0.2, 0.25) is 5.91 Å². The number of rotatable bonds is 6. The van der Waals surface area contributed by atoms with E-state index < -0.39 is 11.6 Å². The van der Waals surface area contributed by atoms with Crippen LogP contribution in [-0.2, 0) is 21.4 Å². The van der Waals surface area contributed by atoms with Gasteiger partial charge in [-0.1, -0.05) is 19.9 Å². The number of fused-ring (bicyclic) bond motifs is 1. The van der Waals surface area contributed by atoms with Crippen LogP contribution in [0.1, 0.15) is 37.6 Å². The average Bonchev–Trinajstić information content (AvgIpc) is 3.13. The highest BCUT2D eigenvalue weighted by atomic mass is 19.1. The molecular weight excluding hydrogens is 476 g/mol. The molecular formula is C28H37F2N5O2. The smallest absolute Gasteiger partial charge is 0.241 e. The molecule has 1 amide bonds. The van der Waals surface area contributed by atoms with Crippen molar-refractivity contribution in [1.29, 1.82) is 0 Å². The van der Waals surface area contributed by atoms with Gasteiger partial charge in [-0.15, -0.1) is 0 Å². The SMILES string of the molecule is C[C@@H]1CN(CC(=O)N2CC(C)(C)c3cnc(Cc4ccc(F)cc4F)cc32)[C@@H](CN2CCOCC2)CN1. The van der Waals surface area contributed by atoms with Crippen LogP contribution in [0.3, 0.4) is 0 Å². The lowest BCUT2D eigenvalue weighted by Gasteiger charge is -2.42. The summed E-state index contributed by atoms with van der Waals surface area (Å²) in [6.07, 6.45) is 2.05. The maximum Gasteiger partial charge on any atom is 0.241 e. The number of hydrogen-bond donors (Lipinski definition) is 1. The third kappa shape index (κ3) is 5.85. The number of aromatic nitrogens is 1. The third-order valence-electron chi connectivity index (χ3n) is 7.84. The van der Waals surface area contributed by atoms with Crippen LogP contribution in [-0.4, -0.2) is 91.8 Å². The van der Waals surface area contributed by atoms with Crippen LogP contribution in [0, 0.1) is 11.6 Å². The van der Waals surface area contributed by atoms with Crippen molar-refractivity contribution in [2.45, 2.75) is 44.7 Å². The summed E-state index contributed by atoms with van der Waals surface area (Å²) in [5.41, 5.74) is 2.66. The van der Waals surface area contributed by atoms with E-state index in [1.807, 2.05) is 17.2 Å². The normalized spacial score (nSPS) is 24.3. The molecule has 1 aromatic heterocycles. The molecule has 0 aliphatic carbocycles. The van der Waals surface area contributed by atoms with E-state index in [-0.39, 0.29) is 23.8 Å². The minimum absolute atomic E-state index is 0.0676. The number of benzene rings is 1. The van der Waals surface area contributed by atoms with Crippen LogP contribution in [0.5, 0.6) is 0 Å².